The minimum atomic E-state index is -2.92. The number of aliphatic imine (C=N–C) groups is 2. The van der Waals surface area contributed by atoms with Crippen molar-refractivity contribution in [3.63, 3.8) is 0 Å². The summed E-state index contributed by atoms with van der Waals surface area (Å²) >= 11 is 6.83. The van der Waals surface area contributed by atoms with E-state index >= 15 is 0 Å². The van der Waals surface area contributed by atoms with Crippen LogP contribution in [0.1, 0.15) is 40.3 Å². The van der Waals surface area contributed by atoms with Gasteiger partial charge in [0, 0.05) is 23.0 Å². The molecule has 0 fully saturated rings. The van der Waals surface area contributed by atoms with Crippen molar-refractivity contribution in [3.05, 3.63) is 127 Å². The SMILES string of the molecule is CC1=NC(c2cccc(Br)c2)(c2ccc(OC(F)F)c(C)c2)C(=O)N1C.Cc1cc(C2(c3cccc(Br)c3)N=C(N)N(C)C2=O)ccc1OC(F)F. The number of ether oxygens (including phenoxy) is 2. The minimum Gasteiger partial charge on any atom is -0.435 e. The second kappa shape index (κ2) is 15.1. The van der Waals surface area contributed by atoms with Crippen LogP contribution in [-0.4, -0.2) is 60.7 Å². The fraction of sp³-hybridized carbons (Fsp3) is 0.243. The Morgan fingerprint density at radius 1 is 0.635 bits per heavy atom. The van der Waals surface area contributed by atoms with Crippen LogP contribution >= 0.6 is 31.9 Å². The summed E-state index contributed by atoms with van der Waals surface area (Å²) in [5.74, 6) is 0.266. The third kappa shape index (κ3) is 7.16. The molecule has 2 amide bonds. The molecule has 0 bridgehead atoms. The van der Waals surface area contributed by atoms with Crippen molar-refractivity contribution in [2.45, 2.75) is 45.1 Å². The normalized spacial score (nSPS) is 19.9. The summed E-state index contributed by atoms with van der Waals surface area (Å²) in [6.45, 7) is -0.773. The Hall–Kier alpha value is -4.76. The van der Waals surface area contributed by atoms with E-state index in [1.807, 2.05) is 30.3 Å². The van der Waals surface area contributed by atoms with Gasteiger partial charge in [0.05, 0.1) is 0 Å². The number of carbonyl (C=O) groups is 2. The van der Waals surface area contributed by atoms with Crippen LogP contribution in [0.2, 0.25) is 0 Å². The largest absolute Gasteiger partial charge is 0.435 e. The van der Waals surface area contributed by atoms with Gasteiger partial charge in [-0.25, -0.2) is 9.98 Å². The number of nitrogens with zero attached hydrogens (tertiary/aromatic N) is 4. The highest BCUT2D eigenvalue weighted by Crippen LogP contribution is 2.43. The van der Waals surface area contributed by atoms with Crippen molar-refractivity contribution in [1.29, 1.82) is 0 Å². The second-order valence-corrected chi connectivity index (χ2v) is 13.8. The Morgan fingerprint density at radius 3 is 1.37 bits per heavy atom. The lowest BCUT2D eigenvalue weighted by atomic mass is 9.82. The lowest BCUT2D eigenvalue weighted by molar-refractivity contribution is -0.130. The zero-order valence-electron chi connectivity index (χ0n) is 28.5. The van der Waals surface area contributed by atoms with Crippen molar-refractivity contribution in [2.75, 3.05) is 14.1 Å². The predicted octanol–water partition coefficient (Wildman–Crippen LogP) is 7.88. The van der Waals surface area contributed by atoms with Crippen LogP contribution in [0, 0.1) is 13.8 Å². The molecule has 0 saturated carbocycles. The second-order valence-electron chi connectivity index (χ2n) is 12.0. The fourth-order valence-electron chi connectivity index (χ4n) is 6.11. The zero-order chi connectivity index (χ0) is 38.1. The third-order valence-electron chi connectivity index (χ3n) is 8.77. The highest BCUT2D eigenvalue weighted by Gasteiger charge is 2.50. The first-order valence-corrected chi connectivity index (χ1v) is 17.2. The van der Waals surface area contributed by atoms with Crippen LogP contribution in [0.15, 0.2) is 104 Å². The molecule has 0 radical (unpaired) electrons. The van der Waals surface area contributed by atoms with E-state index in [0.29, 0.717) is 39.2 Å². The van der Waals surface area contributed by atoms with Gasteiger partial charge < -0.3 is 20.1 Å². The molecule has 2 heterocycles. The summed E-state index contributed by atoms with van der Waals surface area (Å²) in [4.78, 5) is 38.2. The van der Waals surface area contributed by atoms with Crippen molar-refractivity contribution in [3.8, 4) is 11.5 Å². The molecule has 2 unspecified atom stereocenters. The van der Waals surface area contributed by atoms with E-state index in [1.54, 1.807) is 77.3 Å². The van der Waals surface area contributed by atoms with Gasteiger partial charge in [-0.05, 0) is 103 Å². The summed E-state index contributed by atoms with van der Waals surface area (Å²) in [6, 6.07) is 23.9. The number of benzene rings is 4. The Balaban J connectivity index is 0.000000201. The number of rotatable bonds is 8. The van der Waals surface area contributed by atoms with Gasteiger partial charge in [0.15, 0.2) is 17.0 Å². The quantitative estimate of drug-likeness (QED) is 0.182. The first-order chi connectivity index (χ1) is 24.5. The molecule has 0 spiro atoms. The summed E-state index contributed by atoms with van der Waals surface area (Å²) in [5, 5.41) is 0. The van der Waals surface area contributed by atoms with Crippen molar-refractivity contribution in [1.82, 2.24) is 9.80 Å². The number of alkyl halides is 4. The average Bonchev–Trinajstić information content (AvgIpc) is 3.46. The number of aryl methyl sites for hydroxylation is 2. The number of amidine groups is 1. The molecule has 0 aromatic heterocycles. The van der Waals surface area contributed by atoms with E-state index in [2.05, 4.69) is 51.3 Å². The van der Waals surface area contributed by atoms with E-state index < -0.39 is 24.3 Å². The van der Waals surface area contributed by atoms with Crippen LogP contribution in [0.25, 0.3) is 0 Å². The van der Waals surface area contributed by atoms with E-state index in [1.165, 1.54) is 21.9 Å². The topological polar surface area (TPSA) is 110 Å². The summed E-state index contributed by atoms with van der Waals surface area (Å²) in [7, 11) is 3.21. The summed E-state index contributed by atoms with van der Waals surface area (Å²) < 4.78 is 60.7. The maximum atomic E-state index is 13.2. The van der Waals surface area contributed by atoms with Gasteiger partial charge in [0.2, 0.25) is 0 Å². The number of carbonyl (C=O) groups excluding carboxylic acids is 2. The van der Waals surface area contributed by atoms with Gasteiger partial charge >= 0.3 is 13.2 Å². The van der Waals surface area contributed by atoms with Gasteiger partial charge in [-0.3, -0.25) is 14.5 Å². The molecule has 4 aromatic carbocycles. The molecule has 2 aliphatic rings. The zero-order valence-corrected chi connectivity index (χ0v) is 31.7. The van der Waals surface area contributed by atoms with E-state index in [0.717, 1.165) is 8.95 Å². The van der Waals surface area contributed by atoms with Crippen molar-refractivity contribution < 1.29 is 36.6 Å². The number of likely N-dealkylation sites (N-methyl/N-ethyl adjacent to an activating group) is 2. The molecular weight excluding hydrogens is 814 g/mol. The highest BCUT2D eigenvalue weighted by atomic mass is 79.9. The Labute approximate surface area is 314 Å². The number of amides is 2. The number of nitrogens with two attached hydrogens (primary N) is 1. The predicted molar refractivity (Wildman–Crippen MR) is 196 cm³/mol. The Morgan fingerprint density at radius 2 is 1.04 bits per heavy atom. The van der Waals surface area contributed by atoms with Gasteiger partial charge in [-0.1, -0.05) is 68.3 Å². The average molecular weight is 848 g/mol. The van der Waals surface area contributed by atoms with E-state index in [4.69, 9.17) is 5.73 Å². The van der Waals surface area contributed by atoms with Gasteiger partial charge in [-0.15, -0.1) is 0 Å². The summed E-state index contributed by atoms with van der Waals surface area (Å²) in [5.41, 5.74) is 6.69. The van der Waals surface area contributed by atoms with Crippen LogP contribution in [0.5, 0.6) is 11.5 Å². The third-order valence-corrected chi connectivity index (χ3v) is 9.76. The van der Waals surface area contributed by atoms with Crippen LogP contribution in [0.3, 0.4) is 0 Å². The van der Waals surface area contributed by atoms with Gasteiger partial charge in [0.1, 0.15) is 17.3 Å². The number of halogens is 6. The first-order valence-electron chi connectivity index (χ1n) is 15.6. The van der Waals surface area contributed by atoms with Crippen molar-refractivity contribution >= 4 is 55.5 Å². The Bertz CT molecular complexity index is 1950. The molecule has 4 aromatic rings. The number of guanidine groups is 1. The molecule has 2 aliphatic heterocycles. The molecule has 272 valence electrons. The number of hydrogen-bond donors (Lipinski definition) is 1. The maximum Gasteiger partial charge on any atom is 0.387 e. The Kier molecular flexibility index (Phi) is 11.2. The standard InChI is InChI=1S/C19H17BrF2N2O2.C18H16BrF2N3O2/c1-11-9-14(7-8-16(11)26-18(21)22)19(13-5-4-6-15(20)10-13)17(25)24(3)12(2)23-19;1-10-8-12(6-7-14(10)26-16(20)21)18(11-4-3-5-13(19)9-11)15(25)24(2)17(22)23-18/h4-10,18H,1-3H3;3-9,16H,1-2H3,(H2,22,23). The first kappa shape index (κ1) is 38.5. The summed E-state index contributed by atoms with van der Waals surface area (Å²) in [6.07, 6.45) is 0. The number of hydrogen-bond acceptors (Lipinski definition) is 7. The minimum absolute atomic E-state index is 0.0453. The molecule has 0 saturated heterocycles. The maximum absolute atomic E-state index is 13.2. The van der Waals surface area contributed by atoms with E-state index in [-0.39, 0.29) is 29.3 Å². The molecule has 2 N–H and O–H groups in total. The lowest BCUT2D eigenvalue weighted by Gasteiger charge is -2.27. The van der Waals surface area contributed by atoms with E-state index in [9.17, 15) is 27.2 Å². The molecule has 52 heavy (non-hydrogen) atoms. The fourth-order valence-corrected chi connectivity index (χ4v) is 6.91. The monoisotopic (exact) mass is 845 g/mol. The van der Waals surface area contributed by atoms with Gasteiger partial charge in [-0.2, -0.15) is 17.6 Å². The highest BCUT2D eigenvalue weighted by molar-refractivity contribution is 9.10. The molecular formula is C37H33Br2F4N5O4. The smallest absolute Gasteiger partial charge is 0.387 e. The van der Waals surface area contributed by atoms with Gasteiger partial charge in [0.25, 0.3) is 11.8 Å². The van der Waals surface area contributed by atoms with Crippen LogP contribution in [0.4, 0.5) is 17.6 Å². The van der Waals surface area contributed by atoms with Crippen molar-refractivity contribution in [2.24, 2.45) is 15.7 Å². The molecule has 2 atom stereocenters. The molecule has 15 heteroatoms. The molecule has 9 nitrogen and oxygen atoms in total. The lowest BCUT2D eigenvalue weighted by Crippen LogP contribution is -2.41. The molecule has 0 aliphatic carbocycles. The molecule has 6 rings (SSSR count). The van der Waals surface area contributed by atoms with Crippen LogP contribution in [-0.2, 0) is 20.7 Å². The van der Waals surface area contributed by atoms with Crippen LogP contribution < -0.4 is 15.2 Å².